The molecule has 2 heterocycles. The summed E-state index contributed by atoms with van der Waals surface area (Å²) in [6.07, 6.45) is 1.31. The van der Waals surface area contributed by atoms with Crippen LogP contribution in [0.4, 0.5) is 10.2 Å². The van der Waals surface area contributed by atoms with E-state index in [9.17, 15) is 4.39 Å². The van der Waals surface area contributed by atoms with E-state index < -0.39 is 0 Å². The topological polar surface area (TPSA) is 28.2 Å². The van der Waals surface area contributed by atoms with E-state index in [2.05, 4.69) is 29.0 Å². The van der Waals surface area contributed by atoms with Gasteiger partial charge in [0.15, 0.2) is 0 Å². The van der Waals surface area contributed by atoms with E-state index in [1.165, 1.54) is 6.20 Å². The van der Waals surface area contributed by atoms with Crippen molar-refractivity contribution < 1.29 is 4.39 Å². The summed E-state index contributed by atoms with van der Waals surface area (Å²) in [5.41, 5.74) is 0.934. The van der Waals surface area contributed by atoms with Gasteiger partial charge in [-0.3, -0.25) is 0 Å². The highest BCUT2D eigenvalue weighted by atomic mass is 32.2. The number of hydrogen-bond acceptors (Lipinski definition) is 4. The Kier molecular flexibility index (Phi) is 4.45. The van der Waals surface area contributed by atoms with E-state index in [0.717, 1.165) is 24.5 Å². The van der Waals surface area contributed by atoms with E-state index >= 15 is 0 Å². The van der Waals surface area contributed by atoms with Crippen LogP contribution < -0.4 is 10.2 Å². The van der Waals surface area contributed by atoms with Crippen molar-refractivity contribution in [1.82, 2.24) is 10.3 Å². The molecule has 3 nitrogen and oxygen atoms in total. The highest BCUT2D eigenvalue weighted by Gasteiger charge is 2.24. The molecule has 1 aromatic rings. The lowest BCUT2D eigenvalue weighted by Gasteiger charge is -2.36. The molecule has 0 saturated carbocycles. The molecule has 0 aromatic carbocycles. The number of thioether (sulfide) groups is 1. The maximum Gasteiger partial charge on any atom is 0.141 e. The lowest BCUT2D eigenvalue weighted by Crippen LogP contribution is -2.41. The van der Waals surface area contributed by atoms with Crippen molar-refractivity contribution in [3.05, 3.63) is 23.6 Å². The van der Waals surface area contributed by atoms with Gasteiger partial charge in [-0.05, 0) is 13.1 Å². The van der Waals surface area contributed by atoms with Crippen molar-refractivity contribution >= 4 is 17.6 Å². The number of nitrogens with one attached hydrogen (secondary N) is 1. The smallest absolute Gasteiger partial charge is 0.141 e. The molecule has 2 rings (SSSR count). The number of halogens is 1. The number of anilines is 1. The van der Waals surface area contributed by atoms with Gasteiger partial charge >= 0.3 is 0 Å². The van der Waals surface area contributed by atoms with Gasteiger partial charge in [0.05, 0.1) is 6.20 Å². The average molecular weight is 269 g/mol. The molecular formula is C13H20FN3S. The Morgan fingerprint density at radius 1 is 1.44 bits per heavy atom. The summed E-state index contributed by atoms with van der Waals surface area (Å²) in [6, 6.07) is 1.58. The summed E-state index contributed by atoms with van der Waals surface area (Å²) in [7, 11) is 1.87. The average Bonchev–Trinajstić information content (AvgIpc) is 2.28. The maximum absolute atomic E-state index is 13.3. The summed E-state index contributed by atoms with van der Waals surface area (Å²) in [4.78, 5) is 6.57. The number of nitrogens with zero attached hydrogens (tertiary/aromatic N) is 2. The van der Waals surface area contributed by atoms with Crippen LogP contribution in [-0.2, 0) is 6.54 Å². The monoisotopic (exact) mass is 269 g/mol. The van der Waals surface area contributed by atoms with Crippen LogP contribution in [-0.4, -0.2) is 35.6 Å². The highest BCUT2D eigenvalue weighted by molar-refractivity contribution is 8.00. The SMILES string of the molecule is CNCc1cc(F)cnc1N1CC(C)SC(C)C1. The second-order valence-corrected chi connectivity index (χ2v) is 6.71. The third kappa shape index (κ3) is 3.14. The molecule has 5 heteroatoms. The van der Waals surface area contributed by atoms with Crippen molar-refractivity contribution in [3.63, 3.8) is 0 Å². The van der Waals surface area contributed by atoms with Gasteiger partial charge < -0.3 is 10.2 Å². The van der Waals surface area contributed by atoms with Gasteiger partial charge in [0.2, 0.25) is 0 Å². The van der Waals surface area contributed by atoms with Crippen LogP contribution >= 0.6 is 11.8 Å². The largest absolute Gasteiger partial charge is 0.354 e. The normalized spacial score (nSPS) is 24.3. The quantitative estimate of drug-likeness (QED) is 0.911. The molecule has 0 spiro atoms. The third-order valence-electron chi connectivity index (χ3n) is 3.00. The van der Waals surface area contributed by atoms with Crippen molar-refractivity contribution in [1.29, 1.82) is 0 Å². The molecule has 1 saturated heterocycles. The molecular weight excluding hydrogens is 249 g/mol. The van der Waals surface area contributed by atoms with Crippen LogP contribution in [0, 0.1) is 5.82 Å². The summed E-state index contributed by atoms with van der Waals surface area (Å²) >= 11 is 2.00. The molecule has 0 aliphatic carbocycles. The first-order chi connectivity index (χ1) is 8.60. The minimum Gasteiger partial charge on any atom is -0.354 e. The molecule has 1 aliphatic rings. The van der Waals surface area contributed by atoms with Gasteiger partial charge in [0.25, 0.3) is 0 Å². The summed E-state index contributed by atoms with van der Waals surface area (Å²) in [5.74, 6) is 0.654. The standard InChI is InChI=1S/C13H20FN3S/c1-9-7-17(8-10(2)18-9)13-11(5-15-3)4-12(14)6-16-13/h4,6,9-10,15H,5,7-8H2,1-3H3. The van der Waals surface area contributed by atoms with E-state index in [4.69, 9.17) is 0 Å². The fraction of sp³-hybridized carbons (Fsp3) is 0.615. The Bertz CT molecular complexity index is 403. The number of aromatic nitrogens is 1. The van der Waals surface area contributed by atoms with E-state index in [1.54, 1.807) is 6.07 Å². The van der Waals surface area contributed by atoms with Crippen LogP contribution in [0.25, 0.3) is 0 Å². The van der Waals surface area contributed by atoms with Crippen LogP contribution in [0.2, 0.25) is 0 Å². The lowest BCUT2D eigenvalue weighted by molar-refractivity contribution is 0.613. The number of pyridine rings is 1. The molecule has 0 amide bonds. The summed E-state index contributed by atoms with van der Waals surface area (Å²) in [5, 5.41) is 4.25. The molecule has 18 heavy (non-hydrogen) atoms. The fourth-order valence-corrected chi connectivity index (χ4v) is 3.76. The van der Waals surface area contributed by atoms with Crippen LogP contribution in [0.15, 0.2) is 12.3 Å². The van der Waals surface area contributed by atoms with Gasteiger partial charge in [0.1, 0.15) is 11.6 Å². The molecule has 2 atom stereocenters. The Balaban J connectivity index is 2.25. The van der Waals surface area contributed by atoms with Crippen molar-refractivity contribution in [2.24, 2.45) is 0 Å². The summed E-state index contributed by atoms with van der Waals surface area (Å²) < 4.78 is 13.3. The zero-order chi connectivity index (χ0) is 13.1. The van der Waals surface area contributed by atoms with Gasteiger partial charge in [0, 0.05) is 35.7 Å². The highest BCUT2D eigenvalue weighted by Crippen LogP contribution is 2.29. The minimum absolute atomic E-state index is 0.267. The van der Waals surface area contributed by atoms with Gasteiger partial charge in [-0.2, -0.15) is 11.8 Å². The first-order valence-electron chi connectivity index (χ1n) is 6.29. The number of hydrogen-bond donors (Lipinski definition) is 1. The summed E-state index contributed by atoms with van der Waals surface area (Å²) in [6.45, 7) is 7.06. The molecule has 2 unspecified atom stereocenters. The number of rotatable bonds is 3. The van der Waals surface area contributed by atoms with Gasteiger partial charge in [-0.1, -0.05) is 13.8 Å². The van der Waals surface area contributed by atoms with Crippen LogP contribution in [0.3, 0.4) is 0 Å². The first-order valence-corrected chi connectivity index (χ1v) is 7.24. The molecule has 1 aliphatic heterocycles. The second kappa shape index (κ2) is 5.89. The molecule has 0 radical (unpaired) electrons. The predicted molar refractivity (Wildman–Crippen MR) is 75.7 cm³/mol. The predicted octanol–water partition coefficient (Wildman–Crippen LogP) is 2.27. The van der Waals surface area contributed by atoms with Gasteiger partial charge in [-0.25, -0.2) is 9.37 Å². The first kappa shape index (κ1) is 13.6. The zero-order valence-electron chi connectivity index (χ0n) is 11.1. The molecule has 1 fully saturated rings. The van der Waals surface area contributed by atoms with Crippen LogP contribution in [0.5, 0.6) is 0 Å². The molecule has 0 bridgehead atoms. The Morgan fingerprint density at radius 3 is 2.72 bits per heavy atom. The molecule has 1 aromatic heterocycles. The molecule has 1 N–H and O–H groups in total. The third-order valence-corrected chi connectivity index (χ3v) is 4.22. The zero-order valence-corrected chi connectivity index (χ0v) is 11.9. The Labute approximate surface area is 112 Å². The van der Waals surface area contributed by atoms with E-state index in [-0.39, 0.29) is 5.82 Å². The van der Waals surface area contributed by atoms with Gasteiger partial charge in [-0.15, -0.1) is 0 Å². The Morgan fingerprint density at radius 2 is 2.11 bits per heavy atom. The van der Waals surface area contributed by atoms with Crippen molar-refractivity contribution in [2.75, 3.05) is 25.0 Å². The Hall–Kier alpha value is -0.810. The van der Waals surface area contributed by atoms with Crippen LogP contribution in [0.1, 0.15) is 19.4 Å². The van der Waals surface area contributed by atoms with Crippen molar-refractivity contribution in [2.45, 2.75) is 30.9 Å². The lowest BCUT2D eigenvalue weighted by atomic mass is 10.2. The van der Waals surface area contributed by atoms with E-state index in [1.807, 2.05) is 18.8 Å². The minimum atomic E-state index is -0.267. The fourth-order valence-electron chi connectivity index (χ4n) is 2.43. The van der Waals surface area contributed by atoms with E-state index in [0.29, 0.717) is 17.0 Å². The molecule has 100 valence electrons. The maximum atomic E-state index is 13.3. The van der Waals surface area contributed by atoms with Crippen molar-refractivity contribution in [3.8, 4) is 0 Å². The second-order valence-electron chi connectivity index (χ2n) is 4.83.